The fourth-order valence-corrected chi connectivity index (χ4v) is 6.42. The van der Waals surface area contributed by atoms with E-state index in [2.05, 4.69) is 15.3 Å². The molecule has 3 heterocycles. The number of aliphatic hydroxyl groups is 1. The molecule has 1 aliphatic carbocycles. The topological polar surface area (TPSA) is 151 Å². The average Bonchev–Trinajstić information content (AvgIpc) is 3.39. The molecule has 0 saturated heterocycles. The number of hydrogen-bond donors (Lipinski definition) is 4. The molecule has 195 valence electrons. The second kappa shape index (κ2) is 10.7. The Kier molecular flexibility index (Phi) is 7.59. The van der Waals surface area contributed by atoms with Crippen LogP contribution in [0.5, 0.6) is 0 Å². The summed E-state index contributed by atoms with van der Waals surface area (Å²) in [5, 5.41) is 13.9. The van der Waals surface area contributed by atoms with Gasteiger partial charge in [-0.2, -0.15) is 13.1 Å². The van der Waals surface area contributed by atoms with E-state index in [1.807, 2.05) is 29.0 Å². The second-order valence-electron chi connectivity index (χ2n) is 8.91. The number of nitrogens with zero attached hydrogens (tertiary/aromatic N) is 2. The molecule has 0 unspecified atom stereocenters. The van der Waals surface area contributed by atoms with E-state index in [9.17, 15) is 18.3 Å². The van der Waals surface area contributed by atoms with E-state index in [1.54, 1.807) is 6.07 Å². The van der Waals surface area contributed by atoms with E-state index in [0.29, 0.717) is 16.5 Å². The van der Waals surface area contributed by atoms with E-state index >= 15 is 0 Å². The van der Waals surface area contributed by atoms with Crippen LogP contribution in [0.2, 0.25) is 5.02 Å². The molecule has 3 atom stereocenters. The summed E-state index contributed by atoms with van der Waals surface area (Å²) in [6.07, 6.45) is 3.38. The largest absolute Gasteiger partial charge is 0.391 e. The Morgan fingerprint density at radius 3 is 2.89 bits per heavy atom. The van der Waals surface area contributed by atoms with Gasteiger partial charge in [-0.1, -0.05) is 17.7 Å². The summed E-state index contributed by atoms with van der Waals surface area (Å²) in [7, 11) is -4.50. The van der Waals surface area contributed by atoms with Crippen molar-refractivity contribution in [2.45, 2.75) is 43.9 Å². The van der Waals surface area contributed by atoms with Crippen LogP contribution in [0.1, 0.15) is 56.6 Å². The maximum absolute atomic E-state index is 13.5. The first kappa shape index (κ1) is 26.2. The van der Waals surface area contributed by atoms with Crippen molar-refractivity contribution in [2.24, 2.45) is 0 Å². The maximum atomic E-state index is 13.5. The van der Waals surface area contributed by atoms with E-state index < -0.39 is 22.4 Å². The minimum Gasteiger partial charge on any atom is -0.391 e. The van der Waals surface area contributed by atoms with Gasteiger partial charge in [0.05, 0.1) is 22.6 Å². The quantitative estimate of drug-likeness (QED) is 0.250. The predicted octanol–water partition coefficient (Wildman–Crippen LogP) is 3.33. The van der Waals surface area contributed by atoms with Crippen molar-refractivity contribution in [3.8, 4) is 0 Å². The highest BCUT2D eigenvalue weighted by Crippen LogP contribution is 2.38. The Balaban J connectivity index is 1.36. The third kappa shape index (κ3) is 6.01. The summed E-state index contributed by atoms with van der Waals surface area (Å²) in [6.45, 7) is 0.595. The third-order valence-corrected chi connectivity index (χ3v) is 8.19. The molecule has 4 N–H and O–H groups in total. The molecular formula is C24H24ClN4O6S2. The van der Waals surface area contributed by atoms with E-state index in [1.165, 1.54) is 29.4 Å². The van der Waals surface area contributed by atoms with Crippen LogP contribution >= 0.6 is 22.9 Å². The summed E-state index contributed by atoms with van der Waals surface area (Å²) < 4.78 is 39.4. The van der Waals surface area contributed by atoms with Gasteiger partial charge in [0.25, 0.3) is 0 Å². The molecule has 13 heteroatoms. The highest BCUT2D eigenvalue weighted by molar-refractivity contribution is 7.83. The predicted molar refractivity (Wildman–Crippen MR) is 138 cm³/mol. The number of ether oxygens (including phenoxy) is 1. The lowest BCUT2D eigenvalue weighted by atomic mass is 9.99. The van der Waals surface area contributed by atoms with Crippen molar-refractivity contribution in [3.05, 3.63) is 80.4 Å². The van der Waals surface area contributed by atoms with Gasteiger partial charge >= 0.3 is 10.3 Å². The van der Waals surface area contributed by atoms with Crippen molar-refractivity contribution >= 4 is 44.8 Å². The molecule has 5 rings (SSSR count). The number of halogens is 1. The molecule has 1 saturated carbocycles. The number of aliphatic hydroxyl groups excluding tert-OH is 1. The van der Waals surface area contributed by atoms with Crippen LogP contribution in [-0.4, -0.2) is 52.6 Å². The van der Waals surface area contributed by atoms with Crippen LogP contribution in [-0.2, 0) is 21.5 Å². The fourth-order valence-electron chi connectivity index (χ4n) is 4.66. The summed E-state index contributed by atoms with van der Waals surface area (Å²) in [5.74, 6) is -0.0128. The Labute approximate surface area is 222 Å². The minimum atomic E-state index is -4.50. The zero-order chi connectivity index (χ0) is 26.2. The first-order chi connectivity index (χ1) is 17.7. The summed E-state index contributed by atoms with van der Waals surface area (Å²) in [4.78, 5) is 23.0. The van der Waals surface area contributed by atoms with E-state index in [4.69, 9.17) is 20.9 Å². The fraction of sp³-hybridized carbons (Fsp3) is 0.333. The lowest BCUT2D eigenvalue weighted by Crippen LogP contribution is -2.32. The Morgan fingerprint density at radius 1 is 1.24 bits per heavy atom. The molecule has 0 bridgehead atoms. The normalized spacial score (nSPS) is 22.4. The minimum absolute atomic E-state index is 0.0635. The number of aryl methyl sites for hydroxylation is 1. The number of nitrogens with one attached hydrogen (secondary N) is 2. The van der Waals surface area contributed by atoms with Crippen molar-refractivity contribution < 1.29 is 27.6 Å². The lowest BCUT2D eigenvalue weighted by Gasteiger charge is -2.17. The van der Waals surface area contributed by atoms with Crippen LogP contribution < -0.4 is 10.0 Å². The smallest absolute Gasteiger partial charge is 0.334 e. The highest BCUT2D eigenvalue weighted by atomic mass is 35.5. The maximum Gasteiger partial charge on any atom is 0.334 e. The first-order valence-electron chi connectivity index (χ1n) is 11.6. The van der Waals surface area contributed by atoms with Crippen molar-refractivity contribution in [2.75, 3.05) is 11.9 Å². The molecule has 1 aromatic carbocycles. The number of rotatable bonds is 7. The standard InChI is InChI=1S/C24H24ClN4O6S2/c25-14-4-3-13-2-1-7-35-23(16(13)8-14)21-6-5-20(36-21)22(31)17-11-26-12-27-24(17)28-15-9-18(19(30)10-15)29-37(32,33)34/h3-6,8,11-12,15,19,23,29-30H,1-2,7,9-10H2,(H,26,27,28)(H,32,33,34)/t15-,19+,23+/m1/s1. The number of aromatic nitrogens is 2. The van der Waals surface area contributed by atoms with Gasteiger partial charge in [-0.3, -0.25) is 9.35 Å². The molecular weight excluding hydrogens is 540 g/mol. The molecule has 1 aliphatic heterocycles. The van der Waals surface area contributed by atoms with Gasteiger partial charge in [0.15, 0.2) is 0 Å². The molecule has 37 heavy (non-hydrogen) atoms. The molecule has 3 aromatic rings. The number of benzene rings is 1. The van der Waals surface area contributed by atoms with Crippen molar-refractivity contribution in [1.29, 1.82) is 0 Å². The second-order valence-corrected chi connectivity index (χ2v) is 11.6. The van der Waals surface area contributed by atoms with Gasteiger partial charge in [-0.15, -0.1) is 11.3 Å². The summed E-state index contributed by atoms with van der Waals surface area (Å²) >= 11 is 7.59. The SMILES string of the molecule is O=C(c1ccc([C@H]2OCCCc3ccc(Cl)cc32)s1)c1cncnc1N[C@@H]1C[C](NS(=O)(=O)O)[C@@H](O)C1. The number of ketones is 1. The van der Waals surface area contributed by atoms with Gasteiger partial charge in [-0.05, 0) is 61.1 Å². The summed E-state index contributed by atoms with van der Waals surface area (Å²) in [5.41, 5.74) is 2.42. The van der Waals surface area contributed by atoms with Gasteiger partial charge in [0.1, 0.15) is 18.2 Å². The number of fused-ring (bicyclic) bond motifs is 1. The Bertz CT molecular complexity index is 1420. The van der Waals surface area contributed by atoms with E-state index in [-0.39, 0.29) is 42.2 Å². The highest BCUT2D eigenvalue weighted by Gasteiger charge is 2.37. The first-order valence-corrected chi connectivity index (χ1v) is 14.2. The number of carbonyl (C=O) groups is 1. The number of carbonyl (C=O) groups excluding carboxylic acids is 1. The molecule has 0 amide bonds. The lowest BCUT2D eigenvalue weighted by molar-refractivity contribution is 0.0866. The average molecular weight is 564 g/mol. The Hall–Kier alpha value is -2.45. The van der Waals surface area contributed by atoms with E-state index in [0.717, 1.165) is 23.3 Å². The van der Waals surface area contributed by atoms with Crippen LogP contribution in [0, 0.1) is 6.04 Å². The zero-order valence-corrected chi connectivity index (χ0v) is 21.8. The number of hydrogen-bond acceptors (Lipinski definition) is 9. The molecule has 2 aromatic heterocycles. The number of anilines is 1. The molecule has 10 nitrogen and oxygen atoms in total. The monoisotopic (exact) mass is 563 g/mol. The van der Waals surface area contributed by atoms with Gasteiger partial charge in [-0.25, -0.2) is 9.97 Å². The Morgan fingerprint density at radius 2 is 2.08 bits per heavy atom. The molecule has 0 spiro atoms. The van der Waals surface area contributed by atoms with Crippen molar-refractivity contribution in [3.63, 3.8) is 0 Å². The van der Waals surface area contributed by atoms with Crippen LogP contribution in [0.3, 0.4) is 0 Å². The van der Waals surface area contributed by atoms with Gasteiger partial charge in [0.2, 0.25) is 5.78 Å². The molecule has 1 radical (unpaired) electrons. The van der Waals surface area contributed by atoms with Gasteiger partial charge < -0.3 is 15.2 Å². The van der Waals surface area contributed by atoms with Gasteiger partial charge in [0, 0.05) is 28.7 Å². The van der Waals surface area contributed by atoms with Crippen molar-refractivity contribution in [1.82, 2.24) is 14.7 Å². The van der Waals surface area contributed by atoms with Crippen LogP contribution in [0.25, 0.3) is 0 Å². The number of thiophene rings is 1. The molecule has 2 aliphatic rings. The zero-order valence-electron chi connectivity index (χ0n) is 19.4. The van der Waals surface area contributed by atoms with Crippen LogP contribution in [0.15, 0.2) is 42.9 Å². The third-order valence-electron chi connectivity index (χ3n) is 6.31. The molecule has 1 fully saturated rings. The summed E-state index contributed by atoms with van der Waals surface area (Å²) in [6, 6.07) is 9.09. The van der Waals surface area contributed by atoms with Crippen LogP contribution in [0.4, 0.5) is 5.82 Å².